The summed E-state index contributed by atoms with van der Waals surface area (Å²) in [5, 5.41) is 0. The van der Waals surface area contributed by atoms with Crippen LogP contribution >= 0.6 is 0 Å². The Labute approximate surface area is 203 Å². The molecule has 0 aliphatic carbocycles. The van der Waals surface area contributed by atoms with Gasteiger partial charge in [0.1, 0.15) is 0 Å². The number of hydrogen-bond donors (Lipinski definition) is 0. The van der Waals surface area contributed by atoms with Crippen LogP contribution in [0.4, 0.5) is 0 Å². The predicted molar refractivity (Wildman–Crippen MR) is 128 cm³/mol. The first kappa shape index (κ1) is 25.2. The number of benzene rings is 1. The number of methoxy groups -OCH3 is 2. The van der Waals surface area contributed by atoms with Crippen molar-refractivity contribution in [3.8, 4) is 11.5 Å². The van der Waals surface area contributed by atoms with Crippen molar-refractivity contribution in [2.24, 2.45) is 5.92 Å². The molecule has 0 radical (unpaired) electrons. The van der Waals surface area contributed by atoms with Crippen LogP contribution in [0.5, 0.6) is 11.5 Å². The smallest absolute Gasteiger partial charge is 0.243 e. The van der Waals surface area contributed by atoms with Crippen molar-refractivity contribution in [2.45, 2.75) is 43.1 Å². The van der Waals surface area contributed by atoms with E-state index in [1.807, 2.05) is 4.90 Å². The molecule has 3 aliphatic rings. The molecule has 4 rings (SSSR count). The number of hydrogen-bond acceptors (Lipinski definition) is 7. The molecule has 0 aromatic heterocycles. The minimum absolute atomic E-state index is 0.124. The van der Waals surface area contributed by atoms with E-state index in [-0.39, 0.29) is 16.7 Å². The minimum atomic E-state index is -3.66. The van der Waals surface area contributed by atoms with E-state index in [2.05, 4.69) is 4.90 Å². The molecule has 34 heavy (non-hydrogen) atoms. The number of sulfonamides is 1. The van der Waals surface area contributed by atoms with Gasteiger partial charge in [0.15, 0.2) is 11.5 Å². The fourth-order valence-electron chi connectivity index (χ4n) is 5.18. The Bertz CT molecular complexity index is 942. The van der Waals surface area contributed by atoms with E-state index in [4.69, 9.17) is 14.2 Å². The number of amides is 1. The average molecular weight is 496 g/mol. The molecule has 1 aromatic rings. The standard InChI is InChI=1S/C24H37N3O6S/c1-31-22-7-6-21(17-23(22)32-2)34(29,30)27-12-8-19(9-13-27)24(28)26-11-4-10-25(14-15-26)18-20-5-3-16-33-20/h6-7,17,19-20H,3-5,8-16,18H2,1-2H3. The molecule has 3 heterocycles. The molecule has 3 aliphatic heterocycles. The van der Waals surface area contributed by atoms with Crippen LogP contribution < -0.4 is 9.47 Å². The molecule has 1 unspecified atom stereocenters. The molecule has 0 saturated carbocycles. The topological polar surface area (TPSA) is 88.6 Å². The van der Waals surface area contributed by atoms with Crippen molar-refractivity contribution in [3.63, 3.8) is 0 Å². The summed E-state index contributed by atoms with van der Waals surface area (Å²) in [5.41, 5.74) is 0. The number of ether oxygens (including phenoxy) is 3. The molecule has 1 atom stereocenters. The highest BCUT2D eigenvalue weighted by Gasteiger charge is 2.35. The van der Waals surface area contributed by atoms with Gasteiger partial charge < -0.3 is 19.1 Å². The van der Waals surface area contributed by atoms with E-state index < -0.39 is 10.0 Å². The van der Waals surface area contributed by atoms with E-state index in [0.717, 1.165) is 58.6 Å². The quantitative estimate of drug-likeness (QED) is 0.570. The first-order valence-electron chi connectivity index (χ1n) is 12.3. The lowest BCUT2D eigenvalue weighted by molar-refractivity contribution is -0.136. The third kappa shape index (κ3) is 5.67. The second kappa shape index (κ2) is 11.2. The number of piperidine rings is 1. The van der Waals surface area contributed by atoms with Gasteiger partial charge >= 0.3 is 0 Å². The maximum atomic E-state index is 13.2. The molecule has 10 heteroatoms. The lowest BCUT2D eigenvalue weighted by Crippen LogP contribution is -2.45. The van der Waals surface area contributed by atoms with E-state index in [0.29, 0.717) is 43.5 Å². The van der Waals surface area contributed by atoms with Gasteiger partial charge in [-0.1, -0.05) is 0 Å². The second-order valence-corrected chi connectivity index (χ2v) is 11.2. The van der Waals surface area contributed by atoms with Crippen LogP contribution in [0.1, 0.15) is 32.1 Å². The van der Waals surface area contributed by atoms with Crippen LogP contribution in [0.15, 0.2) is 23.1 Å². The Kier molecular flexibility index (Phi) is 8.34. The second-order valence-electron chi connectivity index (χ2n) is 9.31. The molecule has 190 valence electrons. The summed E-state index contributed by atoms with van der Waals surface area (Å²) >= 11 is 0. The van der Waals surface area contributed by atoms with Gasteiger partial charge in [-0.25, -0.2) is 8.42 Å². The SMILES string of the molecule is COc1ccc(S(=O)(=O)N2CCC(C(=O)N3CCCN(CC4CCCO4)CC3)CC2)cc1OC. The zero-order chi connectivity index (χ0) is 24.1. The molecule has 3 fully saturated rings. The van der Waals surface area contributed by atoms with Gasteiger partial charge in [-0.05, 0) is 50.8 Å². The number of carbonyl (C=O) groups excluding carboxylic acids is 1. The molecular weight excluding hydrogens is 458 g/mol. The Morgan fingerprint density at radius 1 is 0.971 bits per heavy atom. The van der Waals surface area contributed by atoms with Crippen LogP contribution in [0, 0.1) is 5.92 Å². The van der Waals surface area contributed by atoms with Crippen molar-refractivity contribution < 1.29 is 27.4 Å². The molecule has 9 nitrogen and oxygen atoms in total. The summed E-state index contributed by atoms with van der Waals surface area (Å²) in [6.45, 7) is 5.86. The highest BCUT2D eigenvalue weighted by atomic mass is 32.2. The monoisotopic (exact) mass is 495 g/mol. The lowest BCUT2D eigenvalue weighted by Gasteiger charge is -2.33. The van der Waals surface area contributed by atoms with Gasteiger partial charge in [0.25, 0.3) is 0 Å². The third-order valence-electron chi connectivity index (χ3n) is 7.18. The molecule has 0 spiro atoms. The largest absolute Gasteiger partial charge is 0.493 e. The molecule has 1 aromatic carbocycles. The van der Waals surface area contributed by atoms with Gasteiger partial charge in [-0.3, -0.25) is 9.69 Å². The van der Waals surface area contributed by atoms with Gasteiger partial charge in [0.2, 0.25) is 15.9 Å². The zero-order valence-corrected chi connectivity index (χ0v) is 21.1. The Balaban J connectivity index is 1.31. The average Bonchev–Trinajstić information content (AvgIpc) is 3.27. The summed E-state index contributed by atoms with van der Waals surface area (Å²) in [6.07, 6.45) is 4.65. The van der Waals surface area contributed by atoms with Crippen LogP contribution in [0.2, 0.25) is 0 Å². The summed E-state index contributed by atoms with van der Waals surface area (Å²) in [6, 6.07) is 4.63. The van der Waals surface area contributed by atoms with E-state index in [9.17, 15) is 13.2 Å². The molecule has 1 amide bonds. The highest BCUT2D eigenvalue weighted by molar-refractivity contribution is 7.89. The Hall–Kier alpha value is -1.88. The minimum Gasteiger partial charge on any atom is -0.493 e. The van der Waals surface area contributed by atoms with E-state index in [1.165, 1.54) is 30.7 Å². The van der Waals surface area contributed by atoms with Crippen molar-refractivity contribution in [3.05, 3.63) is 18.2 Å². The summed E-state index contributed by atoms with van der Waals surface area (Å²) in [5.74, 6) is 0.907. The van der Waals surface area contributed by atoms with Crippen LogP contribution in [-0.2, 0) is 19.6 Å². The molecule has 0 N–H and O–H groups in total. The van der Waals surface area contributed by atoms with Gasteiger partial charge in [0, 0.05) is 57.9 Å². The highest BCUT2D eigenvalue weighted by Crippen LogP contribution is 2.32. The molecule has 0 bridgehead atoms. The fraction of sp³-hybridized carbons (Fsp3) is 0.708. The summed E-state index contributed by atoms with van der Waals surface area (Å²) < 4.78 is 44.1. The van der Waals surface area contributed by atoms with Crippen LogP contribution in [0.3, 0.4) is 0 Å². The fourth-order valence-corrected chi connectivity index (χ4v) is 6.66. The Morgan fingerprint density at radius 2 is 1.74 bits per heavy atom. The lowest BCUT2D eigenvalue weighted by atomic mass is 9.96. The van der Waals surface area contributed by atoms with Gasteiger partial charge in [0.05, 0.1) is 25.2 Å². The third-order valence-corrected chi connectivity index (χ3v) is 9.08. The van der Waals surface area contributed by atoms with Crippen LogP contribution in [-0.4, -0.2) is 101 Å². The van der Waals surface area contributed by atoms with E-state index >= 15 is 0 Å². The van der Waals surface area contributed by atoms with Crippen LogP contribution in [0.25, 0.3) is 0 Å². The first-order valence-corrected chi connectivity index (χ1v) is 13.7. The number of nitrogens with zero attached hydrogens (tertiary/aromatic N) is 3. The number of carbonyl (C=O) groups is 1. The maximum Gasteiger partial charge on any atom is 0.243 e. The summed E-state index contributed by atoms with van der Waals surface area (Å²) in [7, 11) is -0.668. The summed E-state index contributed by atoms with van der Waals surface area (Å²) in [4.78, 5) is 17.8. The normalized spacial score (nSPS) is 23.6. The van der Waals surface area contributed by atoms with Crippen molar-refractivity contribution in [1.29, 1.82) is 0 Å². The maximum absolute atomic E-state index is 13.2. The first-order chi connectivity index (χ1) is 16.4. The zero-order valence-electron chi connectivity index (χ0n) is 20.3. The molecular formula is C24H37N3O6S. The Morgan fingerprint density at radius 3 is 2.41 bits per heavy atom. The van der Waals surface area contributed by atoms with Crippen molar-refractivity contribution >= 4 is 15.9 Å². The van der Waals surface area contributed by atoms with Gasteiger partial charge in [-0.15, -0.1) is 0 Å². The van der Waals surface area contributed by atoms with Crippen molar-refractivity contribution in [2.75, 3.05) is 66.6 Å². The molecule has 3 saturated heterocycles. The number of rotatable bonds is 7. The van der Waals surface area contributed by atoms with Crippen molar-refractivity contribution in [1.82, 2.24) is 14.1 Å². The predicted octanol–water partition coefficient (Wildman–Crippen LogP) is 1.82. The van der Waals surface area contributed by atoms with Gasteiger partial charge in [-0.2, -0.15) is 4.31 Å². The van der Waals surface area contributed by atoms with E-state index in [1.54, 1.807) is 6.07 Å².